The number of amides is 2. The molecular formula is C42H53ClN2O4. The number of nitrogens with zero attached hydrogens (tertiary/aromatic N) is 1. The molecule has 2 aromatic carbocycles. The first-order chi connectivity index (χ1) is 23.7. The van der Waals surface area contributed by atoms with Crippen molar-refractivity contribution in [3.63, 3.8) is 0 Å². The number of benzene rings is 2. The molecule has 0 aromatic heterocycles. The van der Waals surface area contributed by atoms with E-state index in [4.69, 9.17) is 16.3 Å². The zero-order valence-corrected chi connectivity index (χ0v) is 30.2. The maximum absolute atomic E-state index is 13.1. The van der Waals surface area contributed by atoms with Crippen LogP contribution in [0.1, 0.15) is 101 Å². The highest BCUT2D eigenvalue weighted by molar-refractivity contribution is 6.30. The standard InChI is InChI=1S/C42H53ClN2O4/c1-4-5-6-7-8-9-10-11-12-13-14-15-16-17-18-19-20-21-39(46)45-32-30-37(31-33-45)44-41(48)42(2,3)49-38-28-24-35(25-29-38)40(47)34-22-26-36(43)27-23-34/h5-6,8-9,11-12,14-15,17-18,22-29,37H,4,7,10,13,16,19-21,30-33H2,1-3H3,(H,44,48). The molecule has 1 N–H and O–H groups in total. The van der Waals surface area contributed by atoms with Gasteiger partial charge in [-0.1, -0.05) is 79.3 Å². The van der Waals surface area contributed by atoms with Crippen molar-refractivity contribution in [2.45, 2.75) is 96.6 Å². The molecule has 1 aliphatic rings. The van der Waals surface area contributed by atoms with Gasteiger partial charge in [-0.25, -0.2) is 0 Å². The third kappa shape index (κ3) is 14.9. The van der Waals surface area contributed by atoms with E-state index in [0.29, 0.717) is 54.3 Å². The van der Waals surface area contributed by atoms with Gasteiger partial charge in [0, 0.05) is 41.7 Å². The molecule has 1 fully saturated rings. The molecule has 2 aromatic rings. The number of ether oxygens (including phenoxy) is 1. The normalized spacial score (nSPS) is 14.6. The predicted octanol–water partition coefficient (Wildman–Crippen LogP) is 9.76. The Balaban J connectivity index is 1.27. The molecule has 0 saturated carbocycles. The molecule has 0 radical (unpaired) electrons. The SMILES string of the molecule is CCC=CCC=CCC=CCC=CCC=CCCCC(=O)N1CCC(NC(=O)C(C)(C)Oc2ccc(C(=O)c3ccc(Cl)cc3)cc2)CC1. The molecule has 0 aliphatic carbocycles. The molecule has 1 aliphatic heterocycles. The molecule has 0 spiro atoms. The average Bonchev–Trinajstić information content (AvgIpc) is 3.10. The summed E-state index contributed by atoms with van der Waals surface area (Å²) >= 11 is 5.93. The monoisotopic (exact) mass is 684 g/mol. The lowest BCUT2D eigenvalue weighted by molar-refractivity contribution is -0.136. The van der Waals surface area contributed by atoms with Crippen LogP contribution >= 0.6 is 11.6 Å². The Labute approximate surface area is 298 Å². The second-order valence-corrected chi connectivity index (χ2v) is 13.1. The summed E-state index contributed by atoms with van der Waals surface area (Å²) in [6.45, 7) is 6.87. The van der Waals surface area contributed by atoms with Gasteiger partial charge in [0.25, 0.3) is 5.91 Å². The fourth-order valence-corrected chi connectivity index (χ4v) is 5.44. The van der Waals surface area contributed by atoms with Crippen LogP contribution in [0.5, 0.6) is 5.75 Å². The van der Waals surface area contributed by atoms with E-state index >= 15 is 0 Å². The lowest BCUT2D eigenvalue weighted by atomic mass is 10.0. The van der Waals surface area contributed by atoms with E-state index in [9.17, 15) is 14.4 Å². The molecule has 2 amide bonds. The molecule has 1 saturated heterocycles. The maximum atomic E-state index is 13.1. The van der Waals surface area contributed by atoms with Crippen LogP contribution < -0.4 is 10.1 Å². The number of halogens is 1. The summed E-state index contributed by atoms with van der Waals surface area (Å²) in [5.41, 5.74) is -0.0442. The Morgan fingerprint density at radius 1 is 0.776 bits per heavy atom. The Kier molecular flexibility index (Phi) is 17.4. The van der Waals surface area contributed by atoms with Crippen molar-refractivity contribution in [3.05, 3.63) is 125 Å². The van der Waals surface area contributed by atoms with Crippen LogP contribution in [0.3, 0.4) is 0 Å². The van der Waals surface area contributed by atoms with Gasteiger partial charge in [0.15, 0.2) is 11.4 Å². The van der Waals surface area contributed by atoms with E-state index in [-0.39, 0.29) is 23.6 Å². The van der Waals surface area contributed by atoms with Gasteiger partial charge in [-0.15, -0.1) is 0 Å². The lowest BCUT2D eigenvalue weighted by Crippen LogP contribution is -2.53. The van der Waals surface area contributed by atoms with E-state index in [1.54, 1.807) is 62.4 Å². The van der Waals surface area contributed by atoms with E-state index < -0.39 is 5.60 Å². The van der Waals surface area contributed by atoms with Gasteiger partial charge >= 0.3 is 0 Å². The molecule has 49 heavy (non-hydrogen) atoms. The molecule has 3 rings (SSSR count). The number of ketones is 1. The highest BCUT2D eigenvalue weighted by Gasteiger charge is 2.33. The van der Waals surface area contributed by atoms with E-state index in [2.05, 4.69) is 73.0 Å². The number of nitrogens with one attached hydrogen (secondary N) is 1. The maximum Gasteiger partial charge on any atom is 0.263 e. The lowest BCUT2D eigenvalue weighted by Gasteiger charge is -2.34. The van der Waals surface area contributed by atoms with Gasteiger partial charge in [0.2, 0.25) is 5.91 Å². The number of rotatable bonds is 19. The van der Waals surface area contributed by atoms with Gasteiger partial charge in [0.1, 0.15) is 5.75 Å². The van der Waals surface area contributed by atoms with Gasteiger partial charge < -0.3 is 15.0 Å². The molecule has 262 valence electrons. The van der Waals surface area contributed by atoms with Crippen molar-refractivity contribution in [1.29, 1.82) is 0 Å². The minimum atomic E-state index is -1.11. The van der Waals surface area contributed by atoms with Crippen molar-refractivity contribution < 1.29 is 19.1 Å². The number of hydrogen-bond donors (Lipinski definition) is 1. The molecule has 6 nitrogen and oxygen atoms in total. The van der Waals surface area contributed by atoms with Crippen LogP contribution in [-0.2, 0) is 9.59 Å². The number of hydrogen-bond acceptors (Lipinski definition) is 4. The molecular weight excluding hydrogens is 632 g/mol. The van der Waals surface area contributed by atoms with E-state index in [0.717, 1.165) is 44.9 Å². The largest absolute Gasteiger partial charge is 0.478 e. The van der Waals surface area contributed by atoms with Crippen LogP contribution in [0, 0.1) is 0 Å². The zero-order valence-electron chi connectivity index (χ0n) is 29.4. The van der Waals surface area contributed by atoms with E-state index in [1.807, 2.05) is 4.90 Å². The Hall–Kier alpha value is -4.16. The smallest absolute Gasteiger partial charge is 0.263 e. The highest BCUT2D eigenvalue weighted by atomic mass is 35.5. The first-order valence-corrected chi connectivity index (χ1v) is 18.0. The first-order valence-electron chi connectivity index (χ1n) is 17.6. The van der Waals surface area contributed by atoms with Crippen LogP contribution in [0.15, 0.2) is 109 Å². The van der Waals surface area contributed by atoms with Crippen molar-refractivity contribution in [2.24, 2.45) is 0 Å². The van der Waals surface area contributed by atoms with Crippen molar-refractivity contribution in [3.8, 4) is 5.75 Å². The second kappa shape index (κ2) is 21.7. The molecule has 0 bridgehead atoms. The number of unbranched alkanes of at least 4 members (excludes halogenated alkanes) is 1. The van der Waals surface area contributed by atoms with Crippen LogP contribution in [-0.4, -0.2) is 47.2 Å². The van der Waals surface area contributed by atoms with Crippen molar-refractivity contribution in [2.75, 3.05) is 13.1 Å². The number of carbonyl (C=O) groups is 3. The molecule has 1 heterocycles. The third-order valence-electron chi connectivity index (χ3n) is 8.24. The number of piperidine rings is 1. The fraction of sp³-hybridized carbons (Fsp3) is 0.405. The van der Waals surface area contributed by atoms with Crippen LogP contribution in [0.4, 0.5) is 0 Å². The summed E-state index contributed by atoms with van der Waals surface area (Å²) in [5.74, 6) is 0.350. The summed E-state index contributed by atoms with van der Waals surface area (Å²) in [5, 5.41) is 3.68. The Morgan fingerprint density at radius 2 is 1.27 bits per heavy atom. The van der Waals surface area contributed by atoms with Crippen molar-refractivity contribution >= 4 is 29.2 Å². The summed E-state index contributed by atoms with van der Waals surface area (Å²) in [6.07, 6.45) is 30.5. The Bertz CT molecular complexity index is 1460. The molecule has 0 unspecified atom stereocenters. The number of carbonyl (C=O) groups excluding carboxylic acids is 3. The first kappa shape index (κ1) is 39.3. The highest BCUT2D eigenvalue weighted by Crippen LogP contribution is 2.22. The summed E-state index contributed by atoms with van der Waals surface area (Å²) < 4.78 is 6.02. The fourth-order valence-electron chi connectivity index (χ4n) is 5.31. The molecule has 0 atom stereocenters. The zero-order chi connectivity index (χ0) is 35.3. The Morgan fingerprint density at radius 3 is 1.80 bits per heavy atom. The van der Waals surface area contributed by atoms with Gasteiger partial charge in [-0.2, -0.15) is 0 Å². The molecule has 7 heteroatoms. The topological polar surface area (TPSA) is 75.7 Å². The van der Waals surface area contributed by atoms with Gasteiger partial charge in [0.05, 0.1) is 0 Å². The summed E-state index contributed by atoms with van der Waals surface area (Å²) in [4.78, 5) is 40.5. The average molecular weight is 685 g/mol. The number of allylic oxidation sites excluding steroid dienone is 10. The predicted molar refractivity (Wildman–Crippen MR) is 202 cm³/mol. The third-order valence-corrected chi connectivity index (χ3v) is 8.50. The summed E-state index contributed by atoms with van der Waals surface area (Å²) in [6, 6.07) is 13.5. The van der Waals surface area contributed by atoms with Crippen molar-refractivity contribution in [1.82, 2.24) is 10.2 Å². The second-order valence-electron chi connectivity index (χ2n) is 12.7. The number of likely N-dealkylation sites (tertiary alicyclic amines) is 1. The summed E-state index contributed by atoms with van der Waals surface area (Å²) in [7, 11) is 0. The van der Waals surface area contributed by atoms with Gasteiger partial charge in [-0.3, -0.25) is 14.4 Å². The minimum Gasteiger partial charge on any atom is -0.478 e. The minimum absolute atomic E-state index is 0.0138. The quantitative estimate of drug-likeness (QED) is 0.0908. The van der Waals surface area contributed by atoms with E-state index in [1.165, 1.54) is 0 Å². The van der Waals surface area contributed by atoms with Crippen LogP contribution in [0.2, 0.25) is 5.02 Å². The van der Waals surface area contributed by atoms with Crippen LogP contribution in [0.25, 0.3) is 0 Å². The van der Waals surface area contributed by atoms with Gasteiger partial charge in [-0.05, 0) is 120 Å².